The van der Waals surface area contributed by atoms with E-state index in [4.69, 9.17) is 5.41 Å². The minimum absolute atomic E-state index is 0.0646. The largest absolute Gasteiger partial charge is 0.278 e. The molecular weight excluding hydrogens is 296 g/mol. The standard InChI is InChI=1S/C17H16N2O2S/c1-2-22-17(18)19(15(20)13-9-5-3-6-10-13)16(21)14-11-7-4-8-12-14/h3-12,18H,2H2,1H3. The third-order valence-corrected chi connectivity index (χ3v) is 3.68. The van der Waals surface area contributed by atoms with Gasteiger partial charge in [0.2, 0.25) is 0 Å². The Bertz CT molecular complexity index is 620. The molecule has 2 amide bonds. The van der Waals surface area contributed by atoms with Gasteiger partial charge in [-0.3, -0.25) is 15.0 Å². The molecule has 2 aromatic rings. The molecule has 4 nitrogen and oxygen atoms in total. The number of hydrogen-bond acceptors (Lipinski definition) is 4. The highest BCUT2D eigenvalue weighted by atomic mass is 32.2. The number of nitrogens with one attached hydrogen (secondary N) is 1. The van der Waals surface area contributed by atoms with Crippen molar-refractivity contribution in [2.24, 2.45) is 0 Å². The predicted octanol–water partition coefficient (Wildman–Crippen LogP) is 3.66. The van der Waals surface area contributed by atoms with Crippen molar-refractivity contribution in [3.8, 4) is 0 Å². The lowest BCUT2D eigenvalue weighted by molar-refractivity contribution is 0.0716. The van der Waals surface area contributed by atoms with E-state index in [9.17, 15) is 9.59 Å². The summed E-state index contributed by atoms with van der Waals surface area (Å²) < 4.78 is 0. The van der Waals surface area contributed by atoms with Crippen molar-refractivity contribution >= 4 is 28.7 Å². The number of amides is 2. The van der Waals surface area contributed by atoms with Gasteiger partial charge >= 0.3 is 0 Å². The minimum Gasteiger partial charge on any atom is -0.278 e. The van der Waals surface area contributed by atoms with Gasteiger partial charge in [-0.15, -0.1) is 0 Å². The molecule has 112 valence electrons. The first kappa shape index (κ1) is 16.0. The molecule has 5 heteroatoms. The van der Waals surface area contributed by atoms with Crippen molar-refractivity contribution in [3.63, 3.8) is 0 Å². The molecule has 0 atom stereocenters. The smallest absolute Gasteiger partial charge is 0.266 e. The predicted molar refractivity (Wildman–Crippen MR) is 89.2 cm³/mol. The third-order valence-electron chi connectivity index (χ3n) is 2.93. The molecule has 0 spiro atoms. The van der Waals surface area contributed by atoms with Crippen molar-refractivity contribution in [3.05, 3.63) is 71.8 Å². The average molecular weight is 312 g/mol. The van der Waals surface area contributed by atoms with E-state index in [-0.39, 0.29) is 5.17 Å². The molecule has 0 aliphatic heterocycles. The van der Waals surface area contributed by atoms with Crippen LogP contribution in [0.1, 0.15) is 27.6 Å². The van der Waals surface area contributed by atoms with Gasteiger partial charge in [0.1, 0.15) is 0 Å². The molecule has 0 heterocycles. The summed E-state index contributed by atoms with van der Waals surface area (Å²) in [5.74, 6) is -0.361. The number of carbonyl (C=O) groups is 2. The van der Waals surface area contributed by atoms with E-state index in [2.05, 4.69) is 0 Å². The second-order valence-electron chi connectivity index (χ2n) is 4.42. The van der Waals surface area contributed by atoms with Gasteiger partial charge in [0.25, 0.3) is 11.8 Å². The van der Waals surface area contributed by atoms with E-state index >= 15 is 0 Å². The number of amidine groups is 1. The highest BCUT2D eigenvalue weighted by molar-refractivity contribution is 8.13. The molecule has 22 heavy (non-hydrogen) atoms. The average Bonchev–Trinajstić information content (AvgIpc) is 2.56. The number of carbonyl (C=O) groups excluding carboxylic acids is 2. The van der Waals surface area contributed by atoms with Crippen LogP contribution in [-0.2, 0) is 0 Å². The van der Waals surface area contributed by atoms with E-state index in [1.54, 1.807) is 60.7 Å². The second kappa shape index (κ2) is 7.56. The van der Waals surface area contributed by atoms with Crippen LogP contribution in [0.2, 0.25) is 0 Å². The Hall–Kier alpha value is -2.40. The van der Waals surface area contributed by atoms with Crippen LogP contribution in [0.25, 0.3) is 0 Å². The quantitative estimate of drug-likeness (QED) is 0.534. The zero-order chi connectivity index (χ0) is 15.9. The Kier molecular flexibility index (Phi) is 5.49. The van der Waals surface area contributed by atoms with Crippen LogP contribution < -0.4 is 0 Å². The summed E-state index contributed by atoms with van der Waals surface area (Å²) in [5, 5.41) is 7.99. The van der Waals surface area contributed by atoms with Gasteiger partial charge in [0.05, 0.1) is 0 Å². The van der Waals surface area contributed by atoms with Gasteiger partial charge < -0.3 is 0 Å². The summed E-state index contributed by atoms with van der Waals surface area (Å²) in [5.41, 5.74) is 0.765. The number of benzene rings is 2. The maximum Gasteiger partial charge on any atom is 0.266 e. The summed E-state index contributed by atoms with van der Waals surface area (Å²) in [6.07, 6.45) is 0. The maximum absolute atomic E-state index is 12.6. The molecule has 0 saturated carbocycles. The Balaban J connectivity index is 2.37. The second-order valence-corrected chi connectivity index (χ2v) is 5.67. The summed E-state index contributed by atoms with van der Waals surface area (Å²) in [6, 6.07) is 17.1. The molecule has 0 radical (unpaired) electrons. The van der Waals surface area contributed by atoms with Crippen molar-refractivity contribution < 1.29 is 9.59 Å². The lowest BCUT2D eigenvalue weighted by Crippen LogP contribution is -2.40. The molecule has 0 aromatic heterocycles. The number of thioether (sulfide) groups is 1. The normalized spacial score (nSPS) is 10.0. The van der Waals surface area contributed by atoms with Crippen LogP contribution in [0.15, 0.2) is 60.7 Å². The Morgan fingerprint density at radius 1 is 0.909 bits per heavy atom. The highest BCUT2D eigenvalue weighted by Gasteiger charge is 2.27. The van der Waals surface area contributed by atoms with Crippen molar-refractivity contribution in [1.82, 2.24) is 4.90 Å². The van der Waals surface area contributed by atoms with Gasteiger partial charge in [-0.1, -0.05) is 55.1 Å². The van der Waals surface area contributed by atoms with Crippen LogP contribution >= 0.6 is 11.8 Å². The fraction of sp³-hybridized carbons (Fsp3) is 0.118. The van der Waals surface area contributed by atoms with Gasteiger partial charge in [0, 0.05) is 11.1 Å². The molecule has 2 aromatic carbocycles. The van der Waals surface area contributed by atoms with Gasteiger partial charge in [0.15, 0.2) is 5.17 Å². The Labute approximate surface area is 133 Å². The first-order valence-electron chi connectivity index (χ1n) is 6.85. The topological polar surface area (TPSA) is 61.2 Å². The van der Waals surface area contributed by atoms with E-state index in [0.29, 0.717) is 16.9 Å². The number of nitrogens with zero attached hydrogens (tertiary/aromatic N) is 1. The maximum atomic E-state index is 12.6. The summed E-state index contributed by atoms with van der Waals surface area (Å²) in [7, 11) is 0. The van der Waals surface area contributed by atoms with E-state index in [0.717, 1.165) is 16.7 Å². The van der Waals surface area contributed by atoms with Crippen LogP contribution in [-0.4, -0.2) is 27.6 Å². The minimum atomic E-state index is -0.486. The highest BCUT2D eigenvalue weighted by Crippen LogP contribution is 2.16. The molecule has 0 aliphatic rings. The fourth-order valence-electron chi connectivity index (χ4n) is 1.90. The van der Waals surface area contributed by atoms with Gasteiger partial charge in [-0.25, -0.2) is 4.90 Å². The third kappa shape index (κ3) is 3.62. The number of imide groups is 1. The molecular formula is C17H16N2O2S. The molecule has 1 N–H and O–H groups in total. The summed E-state index contributed by atoms with van der Waals surface area (Å²) >= 11 is 1.15. The zero-order valence-corrected chi connectivity index (χ0v) is 13.0. The number of rotatable bonds is 3. The van der Waals surface area contributed by atoms with Crippen LogP contribution in [0.3, 0.4) is 0 Å². The zero-order valence-electron chi connectivity index (χ0n) is 12.2. The van der Waals surface area contributed by atoms with E-state index in [1.165, 1.54) is 0 Å². The fourth-order valence-corrected chi connectivity index (χ4v) is 2.47. The molecule has 0 saturated heterocycles. The Morgan fingerprint density at radius 3 is 1.68 bits per heavy atom. The number of hydrogen-bond donors (Lipinski definition) is 1. The first-order valence-corrected chi connectivity index (χ1v) is 7.84. The van der Waals surface area contributed by atoms with Crippen LogP contribution in [0.5, 0.6) is 0 Å². The van der Waals surface area contributed by atoms with E-state index in [1.807, 2.05) is 6.92 Å². The van der Waals surface area contributed by atoms with Crippen molar-refractivity contribution in [2.45, 2.75) is 6.92 Å². The lowest BCUT2D eigenvalue weighted by atomic mass is 10.1. The van der Waals surface area contributed by atoms with Gasteiger partial charge in [-0.05, 0) is 30.0 Å². The molecule has 2 rings (SSSR count). The lowest BCUT2D eigenvalue weighted by Gasteiger charge is -2.20. The van der Waals surface area contributed by atoms with Crippen molar-refractivity contribution in [1.29, 1.82) is 5.41 Å². The van der Waals surface area contributed by atoms with Crippen LogP contribution in [0.4, 0.5) is 0 Å². The van der Waals surface area contributed by atoms with Gasteiger partial charge in [-0.2, -0.15) is 0 Å². The Morgan fingerprint density at radius 2 is 1.32 bits per heavy atom. The van der Waals surface area contributed by atoms with Crippen molar-refractivity contribution in [2.75, 3.05) is 5.75 Å². The van der Waals surface area contributed by atoms with E-state index < -0.39 is 11.8 Å². The molecule has 0 aliphatic carbocycles. The SMILES string of the molecule is CCSC(=N)N(C(=O)c1ccccc1)C(=O)c1ccccc1. The summed E-state index contributed by atoms with van der Waals surface area (Å²) in [6.45, 7) is 1.87. The monoisotopic (exact) mass is 312 g/mol. The van der Waals surface area contributed by atoms with Crippen LogP contribution in [0, 0.1) is 5.41 Å². The first-order chi connectivity index (χ1) is 10.6. The molecule has 0 fully saturated rings. The molecule has 0 unspecified atom stereocenters. The molecule has 0 bridgehead atoms. The summed E-state index contributed by atoms with van der Waals surface area (Å²) in [4.78, 5) is 26.2.